The molecule has 0 aromatic heterocycles. The fraction of sp³-hybridized carbons (Fsp3) is 0.429. The first-order chi connectivity index (χ1) is 12.2. The molecule has 0 atom stereocenters. The maximum absolute atomic E-state index is 13.5. The van der Waals surface area contributed by atoms with E-state index in [4.69, 9.17) is 11.6 Å². The maximum Gasteiger partial charge on any atom is 0.460 e. The third kappa shape index (κ3) is 3.77. The quantitative estimate of drug-likeness (QED) is 0.401. The minimum atomic E-state index is -7.90. The first kappa shape index (κ1) is 24.4. The van der Waals surface area contributed by atoms with Gasteiger partial charge in [0.25, 0.3) is 0 Å². The summed E-state index contributed by atoms with van der Waals surface area (Å²) < 4.78 is 167. The van der Waals surface area contributed by atoms with Gasteiger partial charge in [-0.3, -0.25) is 0 Å². The zero-order valence-corrected chi connectivity index (χ0v) is 13.5. The predicted octanol–water partition coefficient (Wildman–Crippen LogP) is 7.09. The van der Waals surface area contributed by atoms with Gasteiger partial charge in [-0.25, -0.2) is 0 Å². The van der Waals surface area contributed by atoms with Gasteiger partial charge in [-0.15, -0.1) is 0 Å². The van der Waals surface area contributed by atoms with Crippen LogP contribution in [0.2, 0.25) is 5.02 Å². The molecular weight excluding hydrogens is 451 g/mol. The Morgan fingerprint density at radius 3 is 1.36 bits per heavy atom. The molecule has 160 valence electrons. The van der Waals surface area contributed by atoms with Crippen molar-refractivity contribution in [2.75, 3.05) is 0 Å². The zero-order valence-electron chi connectivity index (χ0n) is 12.8. The number of halogens is 14. The molecule has 0 fully saturated rings. The van der Waals surface area contributed by atoms with Crippen LogP contribution in [0, 0.1) is 0 Å². The smallest absolute Gasteiger partial charge is 0.195 e. The molecule has 0 spiro atoms. The summed E-state index contributed by atoms with van der Waals surface area (Å²) in [6.07, 6.45) is -8.43. The third-order valence-corrected chi connectivity index (χ3v) is 3.56. The highest BCUT2D eigenvalue weighted by Crippen LogP contribution is 2.60. The van der Waals surface area contributed by atoms with Crippen LogP contribution >= 0.6 is 11.6 Å². The topological polar surface area (TPSA) is 0 Å². The lowest BCUT2D eigenvalue weighted by molar-refractivity contribution is -0.436. The van der Waals surface area contributed by atoms with Gasteiger partial charge in [0.2, 0.25) is 0 Å². The van der Waals surface area contributed by atoms with E-state index in [1.807, 2.05) is 0 Å². The monoisotopic (exact) mass is 456 g/mol. The predicted molar refractivity (Wildman–Crippen MR) is 71.3 cm³/mol. The number of hydrogen-bond donors (Lipinski definition) is 0. The largest absolute Gasteiger partial charge is 0.460 e. The summed E-state index contributed by atoms with van der Waals surface area (Å²) in [5.74, 6) is -37.0. The first-order valence-electron chi connectivity index (χ1n) is 6.63. The fourth-order valence-electron chi connectivity index (χ4n) is 1.66. The van der Waals surface area contributed by atoms with E-state index in [0.717, 1.165) is 24.3 Å². The van der Waals surface area contributed by atoms with Gasteiger partial charge in [0.15, 0.2) is 0 Å². The number of hydrogen-bond acceptors (Lipinski definition) is 0. The van der Waals surface area contributed by atoms with Crippen LogP contribution in [0.15, 0.2) is 30.3 Å². The van der Waals surface area contributed by atoms with E-state index in [9.17, 15) is 57.1 Å². The van der Waals surface area contributed by atoms with Crippen LogP contribution in [0.5, 0.6) is 0 Å². The van der Waals surface area contributed by atoms with E-state index >= 15 is 0 Å². The van der Waals surface area contributed by atoms with E-state index < -0.39 is 41.9 Å². The van der Waals surface area contributed by atoms with Gasteiger partial charge in [-0.1, -0.05) is 29.8 Å². The summed E-state index contributed by atoms with van der Waals surface area (Å²) in [6.45, 7) is 0. The van der Waals surface area contributed by atoms with Gasteiger partial charge in [0.1, 0.15) is 0 Å². The first-order valence-corrected chi connectivity index (χ1v) is 7.01. The molecule has 0 aliphatic rings. The fourth-order valence-corrected chi connectivity index (χ4v) is 1.79. The third-order valence-electron chi connectivity index (χ3n) is 3.31. The van der Waals surface area contributed by atoms with Crippen LogP contribution in [-0.2, 0) is 0 Å². The zero-order chi connectivity index (χ0) is 22.4. The Morgan fingerprint density at radius 1 is 0.571 bits per heavy atom. The van der Waals surface area contributed by atoms with E-state index in [-0.39, 0.29) is 16.7 Å². The standard InChI is InChI=1S/C14H6ClF13/c15-8-3-1-7(2-4-8)5-6-9(16,17)10(18,19)11(20,21)12(22,23)13(24,25)14(26,27)28/h1-6H. The van der Waals surface area contributed by atoms with Gasteiger partial charge in [0.05, 0.1) is 0 Å². The van der Waals surface area contributed by atoms with Crippen molar-refractivity contribution in [2.24, 2.45) is 0 Å². The van der Waals surface area contributed by atoms with Crippen molar-refractivity contribution >= 4 is 17.7 Å². The molecule has 0 aliphatic heterocycles. The van der Waals surface area contributed by atoms with Gasteiger partial charge >= 0.3 is 35.8 Å². The van der Waals surface area contributed by atoms with Crippen LogP contribution in [0.1, 0.15) is 5.56 Å². The number of rotatable bonds is 6. The molecule has 0 saturated heterocycles. The molecule has 0 amide bonds. The normalized spacial score (nSPS) is 15.4. The van der Waals surface area contributed by atoms with Crippen molar-refractivity contribution < 1.29 is 57.1 Å². The molecule has 0 aliphatic carbocycles. The Labute approximate surface area is 152 Å². The van der Waals surface area contributed by atoms with Crippen LogP contribution in [0.3, 0.4) is 0 Å². The number of allylic oxidation sites excluding steroid dienone is 1. The van der Waals surface area contributed by atoms with E-state index in [1.54, 1.807) is 0 Å². The van der Waals surface area contributed by atoms with Crippen LogP contribution in [-0.4, -0.2) is 35.8 Å². The highest BCUT2D eigenvalue weighted by Gasteiger charge is 2.90. The Bertz CT molecular complexity index is 716. The SMILES string of the molecule is FC(F)(F)C(F)(F)C(F)(F)C(F)(F)C(F)(F)C(F)(F)C=Cc1ccc(Cl)cc1. The summed E-state index contributed by atoms with van der Waals surface area (Å²) in [4.78, 5) is 0. The van der Waals surface area contributed by atoms with Crippen molar-refractivity contribution in [3.8, 4) is 0 Å². The van der Waals surface area contributed by atoms with Crippen LogP contribution in [0.4, 0.5) is 57.1 Å². The molecule has 1 rings (SSSR count). The van der Waals surface area contributed by atoms with Gasteiger partial charge in [-0.2, -0.15) is 57.1 Å². The van der Waals surface area contributed by atoms with Crippen LogP contribution in [0.25, 0.3) is 6.08 Å². The number of benzene rings is 1. The lowest BCUT2D eigenvalue weighted by Crippen LogP contribution is -2.69. The molecule has 14 heteroatoms. The Kier molecular flexibility index (Phi) is 6.09. The average molecular weight is 457 g/mol. The van der Waals surface area contributed by atoms with Crippen molar-refractivity contribution in [3.63, 3.8) is 0 Å². The maximum atomic E-state index is 13.5. The summed E-state index contributed by atoms with van der Waals surface area (Å²) >= 11 is 5.43. The highest BCUT2D eigenvalue weighted by molar-refractivity contribution is 6.30. The Morgan fingerprint density at radius 2 is 0.964 bits per heavy atom. The highest BCUT2D eigenvalue weighted by atomic mass is 35.5. The second kappa shape index (κ2) is 6.99. The second-order valence-electron chi connectivity index (χ2n) is 5.30. The number of alkyl halides is 13. The minimum absolute atomic E-state index is 0.0281. The Hall–Kier alpha value is -1.66. The molecule has 1 aromatic carbocycles. The minimum Gasteiger partial charge on any atom is -0.195 e. The van der Waals surface area contributed by atoms with E-state index in [2.05, 4.69) is 0 Å². The van der Waals surface area contributed by atoms with E-state index in [0.29, 0.717) is 0 Å². The molecule has 0 bridgehead atoms. The van der Waals surface area contributed by atoms with Gasteiger partial charge in [0, 0.05) is 5.02 Å². The van der Waals surface area contributed by atoms with Crippen molar-refractivity contribution in [3.05, 3.63) is 40.9 Å². The molecular formula is C14H6ClF13. The van der Waals surface area contributed by atoms with Gasteiger partial charge < -0.3 is 0 Å². The summed E-state index contributed by atoms with van der Waals surface area (Å²) in [5, 5.41) is 0.0368. The average Bonchev–Trinajstić information content (AvgIpc) is 2.52. The summed E-state index contributed by atoms with van der Waals surface area (Å²) in [7, 11) is 0. The molecule has 0 unspecified atom stereocenters. The van der Waals surface area contributed by atoms with Crippen molar-refractivity contribution in [2.45, 2.75) is 35.8 Å². The van der Waals surface area contributed by atoms with Gasteiger partial charge in [-0.05, 0) is 23.8 Å². The van der Waals surface area contributed by atoms with Crippen LogP contribution < -0.4 is 0 Å². The molecule has 28 heavy (non-hydrogen) atoms. The molecule has 0 nitrogen and oxygen atoms in total. The van der Waals surface area contributed by atoms with E-state index in [1.165, 1.54) is 0 Å². The lowest BCUT2D eigenvalue weighted by atomic mass is 9.93. The molecule has 0 saturated carbocycles. The molecule has 0 heterocycles. The summed E-state index contributed by atoms with van der Waals surface area (Å²) in [5.41, 5.74) is -0.379. The molecule has 0 N–H and O–H groups in total. The van der Waals surface area contributed by atoms with Crippen molar-refractivity contribution in [1.29, 1.82) is 0 Å². The molecule has 0 radical (unpaired) electrons. The second-order valence-corrected chi connectivity index (χ2v) is 5.74. The van der Waals surface area contributed by atoms with Crippen molar-refractivity contribution in [1.82, 2.24) is 0 Å². The Balaban J connectivity index is 3.38. The summed E-state index contributed by atoms with van der Waals surface area (Å²) in [6, 6.07) is 3.86. The lowest BCUT2D eigenvalue weighted by Gasteiger charge is -2.39. The molecule has 1 aromatic rings.